The van der Waals surface area contributed by atoms with E-state index in [0.29, 0.717) is 13.0 Å². The molecule has 1 heterocycles. The van der Waals surface area contributed by atoms with Crippen molar-refractivity contribution in [3.63, 3.8) is 0 Å². The number of hydrogen-bond acceptors (Lipinski definition) is 4. The van der Waals surface area contributed by atoms with E-state index in [1.54, 1.807) is 6.92 Å². The van der Waals surface area contributed by atoms with Crippen LogP contribution in [0.1, 0.15) is 39.0 Å². The van der Waals surface area contributed by atoms with E-state index in [0.717, 1.165) is 25.7 Å². The van der Waals surface area contributed by atoms with Crippen molar-refractivity contribution >= 4 is 11.9 Å². The van der Waals surface area contributed by atoms with Crippen LogP contribution in [0.4, 0.5) is 0 Å². The Bertz CT molecular complexity index is 379. The number of nitrogens with zero attached hydrogens (tertiary/aromatic N) is 4. The summed E-state index contributed by atoms with van der Waals surface area (Å²) in [6.45, 7) is 2.13. The van der Waals surface area contributed by atoms with Gasteiger partial charge in [-0.3, -0.25) is 4.79 Å². The molecule has 7 heteroatoms. The SMILES string of the molecule is COC(=O)C(C)N1CCCCCCC(N=[N+]=[N-])C1=O. The lowest BCUT2D eigenvalue weighted by Gasteiger charge is -2.29. The molecule has 7 nitrogen and oxygen atoms in total. The summed E-state index contributed by atoms with van der Waals surface area (Å²) in [6, 6.07) is -1.36. The molecule has 1 aliphatic heterocycles. The number of amides is 1. The zero-order chi connectivity index (χ0) is 14.3. The van der Waals surface area contributed by atoms with Crippen molar-refractivity contribution in [1.82, 2.24) is 4.90 Å². The maximum atomic E-state index is 12.4. The van der Waals surface area contributed by atoms with Crippen LogP contribution in [-0.2, 0) is 14.3 Å². The predicted octanol–water partition coefficient (Wildman–Crippen LogP) is 2.02. The molecule has 0 aromatic heterocycles. The van der Waals surface area contributed by atoms with Crippen LogP contribution < -0.4 is 0 Å². The fourth-order valence-corrected chi connectivity index (χ4v) is 2.25. The molecule has 2 atom stereocenters. The Morgan fingerprint density at radius 3 is 2.79 bits per heavy atom. The molecule has 1 saturated heterocycles. The first-order valence-electron chi connectivity index (χ1n) is 6.54. The molecule has 1 aliphatic rings. The quantitative estimate of drug-likeness (QED) is 0.339. The predicted molar refractivity (Wildman–Crippen MR) is 69.2 cm³/mol. The van der Waals surface area contributed by atoms with E-state index >= 15 is 0 Å². The standard InChI is InChI=1S/C12H20N4O3/c1-9(12(18)19-2)16-8-6-4-3-5-7-10(11(16)17)14-15-13/h9-10H,3-8H2,1-2H3. The summed E-state index contributed by atoms with van der Waals surface area (Å²) in [6.07, 6.45) is 4.24. The van der Waals surface area contributed by atoms with Gasteiger partial charge in [0.05, 0.1) is 7.11 Å². The minimum Gasteiger partial charge on any atom is -0.467 e. The van der Waals surface area contributed by atoms with E-state index in [2.05, 4.69) is 14.8 Å². The summed E-state index contributed by atoms with van der Waals surface area (Å²) in [5.41, 5.74) is 8.54. The zero-order valence-corrected chi connectivity index (χ0v) is 11.4. The fraction of sp³-hybridized carbons (Fsp3) is 0.833. The normalized spacial score (nSPS) is 22.5. The van der Waals surface area contributed by atoms with Crippen LogP contribution in [0.25, 0.3) is 10.4 Å². The van der Waals surface area contributed by atoms with Gasteiger partial charge in [-0.1, -0.05) is 24.4 Å². The van der Waals surface area contributed by atoms with Gasteiger partial charge in [0.1, 0.15) is 12.1 Å². The summed E-state index contributed by atoms with van der Waals surface area (Å²) in [7, 11) is 1.30. The molecule has 0 aromatic carbocycles. The maximum absolute atomic E-state index is 12.4. The average molecular weight is 268 g/mol. The number of carbonyl (C=O) groups excluding carboxylic acids is 2. The van der Waals surface area contributed by atoms with Crippen molar-refractivity contribution in [2.24, 2.45) is 5.11 Å². The van der Waals surface area contributed by atoms with E-state index in [9.17, 15) is 9.59 Å². The van der Waals surface area contributed by atoms with Gasteiger partial charge in [-0.15, -0.1) is 0 Å². The Balaban J connectivity index is 2.92. The Kier molecular flexibility index (Phi) is 6.15. The Labute approximate surface area is 112 Å². The third-order valence-corrected chi connectivity index (χ3v) is 3.40. The monoisotopic (exact) mass is 268 g/mol. The second kappa shape index (κ2) is 7.63. The maximum Gasteiger partial charge on any atom is 0.328 e. The molecule has 106 valence electrons. The van der Waals surface area contributed by atoms with E-state index in [4.69, 9.17) is 5.53 Å². The molecular weight excluding hydrogens is 248 g/mol. The van der Waals surface area contributed by atoms with Gasteiger partial charge in [0, 0.05) is 11.5 Å². The third-order valence-electron chi connectivity index (χ3n) is 3.40. The largest absolute Gasteiger partial charge is 0.467 e. The van der Waals surface area contributed by atoms with Gasteiger partial charge in [0.25, 0.3) is 0 Å². The van der Waals surface area contributed by atoms with Crippen LogP contribution in [-0.4, -0.2) is 42.5 Å². The number of carbonyl (C=O) groups is 2. The van der Waals surface area contributed by atoms with Crippen LogP contribution in [0.15, 0.2) is 5.11 Å². The molecule has 1 rings (SSSR count). The lowest BCUT2D eigenvalue weighted by atomic mass is 10.1. The van der Waals surface area contributed by atoms with E-state index in [-0.39, 0.29) is 5.91 Å². The number of methoxy groups -OCH3 is 1. The van der Waals surface area contributed by atoms with Crippen LogP contribution in [0, 0.1) is 0 Å². The van der Waals surface area contributed by atoms with Crippen LogP contribution in [0.2, 0.25) is 0 Å². The first-order valence-corrected chi connectivity index (χ1v) is 6.54. The molecule has 1 amide bonds. The Hall–Kier alpha value is -1.75. The third kappa shape index (κ3) is 4.13. The van der Waals surface area contributed by atoms with Crippen LogP contribution in [0.3, 0.4) is 0 Å². The average Bonchev–Trinajstić information content (AvgIpc) is 2.50. The van der Waals surface area contributed by atoms with Crippen LogP contribution >= 0.6 is 0 Å². The van der Waals surface area contributed by atoms with Gasteiger partial charge in [0.15, 0.2) is 0 Å². The van der Waals surface area contributed by atoms with Crippen molar-refractivity contribution in [2.45, 2.75) is 51.1 Å². The zero-order valence-electron chi connectivity index (χ0n) is 11.4. The Morgan fingerprint density at radius 1 is 1.47 bits per heavy atom. The summed E-state index contributed by atoms with van der Waals surface area (Å²) in [5.74, 6) is -0.732. The molecule has 2 unspecified atom stereocenters. The summed E-state index contributed by atoms with van der Waals surface area (Å²) < 4.78 is 4.68. The van der Waals surface area contributed by atoms with E-state index in [1.165, 1.54) is 12.0 Å². The highest BCUT2D eigenvalue weighted by Gasteiger charge is 2.31. The molecule has 0 radical (unpaired) electrons. The summed E-state index contributed by atoms with van der Waals surface area (Å²) in [5, 5.41) is 3.56. The molecular formula is C12H20N4O3. The lowest BCUT2D eigenvalue weighted by molar-refractivity contribution is -0.152. The highest BCUT2D eigenvalue weighted by atomic mass is 16.5. The van der Waals surface area contributed by atoms with Crippen molar-refractivity contribution < 1.29 is 14.3 Å². The van der Waals surface area contributed by atoms with Gasteiger partial charge >= 0.3 is 5.97 Å². The van der Waals surface area contributed by atoms with Gasteiger partial charge in [-0.25, -0.2) is 4.79 Å². The van der Waals surface area contributed by atoms with Crippen molar-refractivity contribution in [3.8, 4) is 0 Å². The smallest absolute Gasteiger partial charge is 0.328 e. The molecule has 0 N–H and O–H groups in total. The molecule has 0 saturated carbocycles. The van der Waals surface area contributed by atoms with Crippen LogP contribution in [0.5, 0.6) is 0 Å². The van der Waals surface area contributed by atoms with Crippen molar-refractivity contribution in [2.75, 3.05) is 13.7 Å². The first kappa shape index (κ1) is 15.3. The Morgan fingerprint density at radius 2 is 2.16 bits per heavy atom. The first-order chi connectivity index (χ1) is 9.11. The number of hydrogen-bond donors (Lipinski definition) is 0. The molecule has 0 spiro atoms. The fourth-order valence-electron chi connectivity index (χ4n) is 2.25. The van der Waals surface area contributed by atoms with Crippen molar-refractivity contribution in [1.29, 1.82) is 0 Å². The second-order valence-electron chi connectivity index (χ2n) is 4.65. The second-order valence-corrected chi connectivity index (χ2v) is 4.65. The van der Waals surface area contributed by atoms with Gasteiger partial charge in [0.2, 0.25) is 5.91 Å². The molecule has 0 aromatic rings. The van der Waals surface area contributed by atoms with Crippen molar-refractivity contribution in [3.05, 3.63) is 10.4 Å². The number of rotatable bonds is 3. The highest BCUT2D eigenvalue weighted by molar-refractivity contribution is 5.87. The van der Waals surface area contributed by atoms with E-state index in [1.807, 2.05) is 0 Å². The summed E-state index contributed by atoms with van der Waals surface area (Å²) in [4.78, 5) is 28.1. The van der Waals surface area contributed by atoms with E-state index < -0.39 is 18.1 Å². The molecule has 0 bridgehead atoms. The van der Waals surface area contributed by atoms with Gasteiger partial charge in [-0.05, 0) is 25.3 Å². The van der Waals surface area contributed by atoms with Gasteiger partial charge < -0.3 is 9.64 Å². The molecule has 19 heavy (non-hydrogen) atoms. The number of ether oxygens (including phenoxy) is 1. The molecule has 1 fully saturated rings. The molecule has 0 aliphatic carbocycles. The van der Waals surface area contributed by atoms with Gasteiger partial charge in [-0.2, -0.15) is 0 Å². The minimum atomic E-state index is -0.713. The lowest BCUT2D eigenvalue weighted by Crippen LogP contribution is -2.47. The number of azide groups is 1. The topological polar surface area (TPSA) is 95.4 Å². The number of esters is 1. The summed E-state index contributed by atoms with van der Waals surface area (Å²) >= 11 is 0. The minimum absolute atomic E-state index is 0.280. The highest BCUT2D eigenvalue weighted by Crippen LogP contribution is 2.17.